The van der Waals surface area contributed by atoms with E-state index in [2.05, 4.69) is 10.6 Å². The van der Waals surface area contributed by atoms with Crippen molar-refractivity contribution in [1.82, 2.24) is 10.6 Å². The average Bonchev–Trinajstić information content (AvgIpc) is 2.64. The molecule has 0 radical (unpaired) electrons. The Kier molecular flexibility index (Phi) is 9.10. The first-order valence-electron chi connectivity index (χ1n) is 9.03. The van der Waals surface area contributed by atoms with Crippen LogP contribution in [0.15, 0.2) is 30.3 Å². The topological polar surface area (TPSA) is 142 Å². The molecule has 0 fully saturated rings. The predicted molar refractivity (Wildman–Crippen MR) is 104 cm³/mol. The summed E-state index contributed by atoms with van der Waals surface area (Å²) in [6.45, 7) is 4.46. The maximum Gasteiger partial charge on any atom is 0.323 e. The smallest absolute Gasteiger partial charge is 0.323 e. The van der Waals surface area contributed by atoms with Crippen LogP contribution in [-0.2, 0) is 19.2 Å². The number of carboxylic acids is 1. The van der Waals surface area contributed by atoms with Gasteiger partial charge in [-0.2, -0.15) is 0 Å². The number of nitrogens with two attached hydrogens (primary N) is 1. The number of aliphatic carboxylic acids is 1. The van der Waals surface area contributed by atoms with Gasteiger partial charge >= 0.3 is 5.97 Å². The number of rotatable bonds is 10. The third-order valence-electron chi connectivity index (χ3n) is 3.91. The molecule has 154 valence electrons. The highest BCUT2D eigenvalue weighted by molar-refractivity contribution is 6.02. The van der Waals surface area contributed by atoms with Gasteiger partial charge < -0.3 is 21.5 Å². The highest BCUT2D eigenvalue weighted by Gasteiger charge is 2.30. The number of anilines is 1. The number of hydrogen-bond donors (Lipinski definition) is 4. The van der Waals surface area contributed by atoms with Crippen LogP contribution in [0.3, 0.4) is 0 Å². The van der Waals surface area contributed by atoms with Gasteiger partial charge in [-0.05, 0) is 31.4 Å². The lowest BCUT2D eigenvalue weighted by Gasteiger charge is -2.28. The summed E-state index contributed by atoms with van der Waals surface area (Å²) in [5, 5.41) is 14.3. The van der Waals surface area contributed by atoms with Crippen molar-refractivity contribution in [2.24, 2.45) is 11.7 Å². The molecule has 9 nitrogen and oxygen atoms in total. The molecule has 1 rings (SSSR count). The Bertz CT molecular complexity index is 693. The Morgan fingerprint density at radius 2 is 1.68 bits per heavy atom. The van der Waals surface area contributed by atoms with E-state index in [-0.39, 0.29) is 12.5 Å². The van der Waals surface area contributed by atoms with Crippen LogP contribution in [0.5, 0.6) is 0 Å². The van der Waals surface area contributed by atoms with E-state index in [1.54, 1.807) is 30.3 Å². The van der Waals surface area contributed by atoms with Crippen LogP contribution in [0.4, 0.5) is 5.69 Å². The van der Waals surface area contributed by atoms with Crippen LogP contribution >= 0.6 is 0 Å². The monoisotopic (exact) mass is 392 g/mol. The molecular weight excluding hydrogens is 364 g/mol. The molecule has 0 aliphatic heterocycles. The zero-order valence-electron chi connectivity index (χ0n) is 16.3. The largest absolute Gasteiger partial charge is 0.480 e. The van der Waals surface area contributed by atoms with E-state index in [1.165, 1.54) is 6.92 Å². The Balaban J connectivity index is 3.05. The van der Waals surface area contributed by atoms with Gasteiger partial charge in [-0.3, -0.25) is 24.1 Å². The zero-order valence-corrected chi connectivity index (χ0v) is 16.3. The molecular formula is C19H28N4O5. The van der Waals surface area contributed by atoms with Crippen LogP contribution < -0.4 is 21.3 Å². The van der Waals surface area contributed by atoms with E-state index in [9.17, 15) is 24.3 Å². The molecule has 0 heterocycles. The van der Waals surface area contributed by atoms with Crippen LogP contribution in [-0.4, -0.2) is 54.0 Å². The molecule has 0 aliphatic carbocycles. The van der Waals surface area contributed by atoms with E-state index in [0.717, 1.165) is 4.90 Å². The first-order valence-corrected chi connectivity index (χ1v) is 9.03. The molecule has 0 unspecified atom stereocenters. The lowest BCUT2D eigenvalue weighted by atomic mass is 10.0. The molecule has 3 amide bonds. The van der Waals surface area contributed by atoms with Crippen LogP contribution in [0.2, 0.25) is 0 Å². The van der Waals surface area contributed by atoms with Crippen molar-refractivity contribution in [3.8, 4) is 0 Å². The summed E-state index contributed by atoms with van der Waals surface area (Å²) >= 11 is 0. The highest BCUT2D eigenvalue weighted by Crippen LogP contribution is 2.17. The summed E-state index contributed by atoms with van der Waals surface area (Å²) in [7, 11) is 0. The Hall–Kier alpha value is -2.94. The fraction of sp³-hybridized carbons (Fsp3) is 0.474. The standard InChI is InChI=1S/C19H28N4O5/c1-12(2)9-15(22-18(27)13(3)21-16(24)10-20)19(28)23(11-17(25)26)14-7-5-4-6-8-14/h4-8,12-13,15H,9-11,20H2,1-3H3,(H,21,24)(H,22,27)(H,25,26)/t13-,15-/m0/s1. The minimum Gasteiger partial charge on any atom is -0.480 e. The summed E-state index contributed by atoms with van der Waals surface area (Å²) < 4.78 is 0. The number of benzene rings is 1. The van der Waals surface area contributed by atoms with Gasteiger partial charge in [0.1, 0.15) is 18.6 Å². The SMILES string of the molecule is CC(C)C[C@H](NC(=O)[C@H](C)NC(=O)CN)C(=O)N(CC(=O)O)c1ccccc1. The number of carboxylic acid groups (broad SMARTS) is 1. The Morgan fingerprint density at radius 1 is 1.07 bits per heavy atom. The minimum absolute atomic E-state index is 0.0608. The fourth-order valence-corrected chi connectivity index (χ4v) is 2.58. The first-order chi connectivity index (χ1) is 13.1. The molecule has 0 aromatic heterocycles. The molecule has 1 aromatic carbocycles. The number of nitrogens with one attached hydrogen (secondary N) is 2. The Labute approximate surface area is 164 Å². The third-order valence-corrected chi connectivity index (χ3v) is 3.91. The number of amides is 3. The van der Waals surface area contributed by atoms with Crippen molar-refractivity contribution in [3.05, 3.63) is 30.3 Å². The number of carbonyl (C=O) groups is 4. The van der Waals surface area contributed by atoms with Gasteiger partial charge in [0.05, 0.1) is 6.54 Å². The molecule has 0 saturated carbocycles. The van der Waals surface area contributed by atoms with Gasteiger partial charge in [0.25, 0.3) is 0 Å². The maximum atomic E-state index is 13.1. The van der Waals surface area contributed by atoms with Crippen molar-refractivity contribution in [1.29, 1.82) is 0 Å². The maximum absolute atomic E-state index is 13.1. The number of hydrogen-bond acceptors (Lipinski definition) is 5. The molecule has 1 aromatic rings. The minimum atomic E-state index is -1.17. The molecule has 2 atom stereocenters. The third kappa shape index (κ3) is 7.36. The average molecular weight is 392 g/mol. The van der Waals surface area contributed by atoms with Crippen molar-refractivity contribution in [2.75, 3.05) is 18.0 Å². The molecule has 0 spiro atoms. The van der Waals surface area contributed by atoms with Gasteiger partial charge in [-0.1, -0.05) is 32.0 Å². The number of nitrogens with zero attached hydrogens (tertiary/aromatic N) is 1. The molecule has 0 aliphatic rings. The summed E-state index contributed by atoms with van der Waals surface area (Å²) in [6.07, 6.45) is 0.311. The fourth-order valence-electron chi connectivity index (χ4n) is 2.58. The number of carbonyl (C=O) groups excluding carboxylic acids is 3. The molecule has 9 heteroatoms. The van der Waals surface area contributed by atoms with Crippen molar-refractivity contribution < 1.29 is 24.3 Å². The lowest BCUT2D eigenvalue weighted by molar-refractivity contribution is -0.137. The van der Waals surface area contributed by atoms with Gasteiger partial charge in [-0.15, -0.1) is 0 Å². The second kappa shape index (κ2) is 11.0. The summed E-state index contributed by atoms with van der Waals surface area (Å²) in [5.74, 6) is -2.69. The van der Waals surface area contributed by atoms with Crippen LogP contribution in [0, 0.1) is 5.92 Å². The molecule has 0 saturated heterocycles. The van der Waals surface area contributed by atoms with Crippen molar-refractivity contribution in [2.45, 2.75) is 39.3 Å². The molecule has 5 N–H and O–H groups in total. The van der Waals surface area contributed by atoms with E-state index in [0.29, 0.717) is 12.1 Å². The zero-order chi connectivity index (χ0) is 21.3. The van der Waals surface area contributed by atoms with Gasteiger partial charge in [0, 0.05) is 5.69 Å². The van der Waals surface area contributed by atoms with E-state index >= 15 is 0 Å². The summed E-state index contributed by atoms with van der Waals surface area (Å²) in [5.41, 5.74) is 5.65. The lowest BCUT2D eigenvalue weighted by Crippen LogP contribution is -2.55. The van der Waals surface area contributed by atoms with Gasteiger partial charge in [-0.25, -0.2) is 0 Å². The molecule has 0 bridgehead atoms. The number of para-hydroxylation sites is 1. The second-order valence-electron chi connectivity index (χ2n) is 6.84. The molecule has 28 heavy (non-hydrogen) atoms. The predicted octanol–water partition coefficient (Wildman–Crippen LogP) is 0.0985. The van der Waals surface area contributed by atoms with Crippen molar-refractivity contribution in [3.63, 3.8) is 0 Å². The van der Waals surface area contributed by atoms with Gasteiger partial charge in [0.2, 0.25) is 17.7 Å². The van der Waals surface area contributed by atoms with E-state index < -0.39 is 42.3 Å². The Morgan fingerprint density at radius 3 is 2.18 bits per heavy atom. The normalized spacial score (nSPS) is 12.8. The summed E-state index contributed by atoms with van der Waals surface area (Å²) in [6, 6.07) is 6.56. The quantitative estimate of drug-likeness (QED) is 0.445. The van der Waals surface area contributed by atoms with E-state index in [4.69, 9.17) is 5.73 Å². The van der Waals surface area contributed by atoms with E-state index in [1.807, 2.05) is 13.8 Å². The van der Waals surface area contributed by atoms with Gasteiger partial charge in [0.15, 0.2) is 0 Å². The first kappa shape index (κ1) is 23.1. The van der Waals surface area contributed by atoms with Crippen LogP contribution in [0.1, 0.15) is 27.2 Å². The summed E-state index contributed by atoms with van der Waals surface area (Å²) in [4.78, 5) is 49.3. The van der Waals surface area contributed by atoms with Crippen LogP contribution in [0.25, 0.3) is 0 Å². The highest BCUT2D eigenvalue weighted by atomic mass is 16.4. The van der Waals surface area contributed by atoms with Crippen molar-refractivity contribution >= 4 is 29.4 Å². The second-order valence-corrected chi connectivity index (χ2v) is 6.84.